The molecule has 4 heteroatoms. The number of nitrogens with two attached hydrogens (primary N) is 1. The lowest BCUT2D eigenvalue weighted by Gasteiger charge is -2.25. The van der Waals surface area contributed by atoms with Crippen molar-refractivity contribution >= 4 is 5.91 Å². The van der Waals surface area contributed by atoms with Gasteiger partial charge in [-0.1, -0.05) is 19.3 Å². The molecule has 2 aliphatic rings. The Morgan fingerprint density at radius 2 is 2.12 bits per heavy atom. The Morgan fingerprint density at radius 1 is 1.31 bits per heavy atom. The monoisotopic (exact) mass is 226 g/mol. The van der Waals surface area contributed by atoms with E-state index in [-0.39, 0.29) is 18.1 Å². The lowest BCUT2D eigenvalue weighted by Crippen LogP contribution is -2.36. The highest BCUT2D eigenvalue weighted by Gasteiger charge is 2.29. The second-order valence-corrected chi connectivity index (χ2v) is 4.94. The SMILES string of the molecule is NCC1CCC(C(=O)NCCC2CCC2)O1. The molecule has 2 unspecified atom stereocenters. The number of carbonyl (C=O) groups is 1. The maximum Gasteiger partial charge on any atom is 0.249 e. The van der Waals surface area contributed by atoms with Gasteiger partial charge in [0, 0.05) is 13.1 Å². The molecule has 0 aromatic heterocycles. The molecule has 1 aliphatic heterocycles. The number of ether oxygens (including phenoxy) is 1. The van der Waals surface area contributed by atoms with E-state index < -0.39 is 0 Å². The highest BCUT2D eigenvalue weighted by Crippen LogP contribution is 2.28. The van der Waals surface area contributed by atoms with E-state index in [1.807, 2.05) is 0 Å². The summed E-state index contributed by atoms with van der Waals surface area (Å²) in [5.41, 5.74) is 5.50. The first kappa shape index (κ1) is 11.9. The predicted molar refractivity (Wildman–Crippen MR) is 61.9 cm³/mol. The fourth-order valence-corrected chi connectivity index (χ4v) is 2.37. The van der Waals surface area contributed by atoms with Gasteiger partial charge in [0.05, 0.1) is 6.10 Å². The summed E-state index contributed by atoms with van der Waals surface area (Å²) in [7, 11) is 0. The predicted octanol–water partition coefficient (Wildman–Crippen LogP) is 0.799. The number of carbonyl (C=O) groups excluding carboxylic acids is 1. The van der Waals surface area contributed by atoms with Crippen LogP contribution in [0.25, 0.3) is 0 Å². The molecule has 2 atom stereocenters. The summed E-state index contributed by atoms with van der Waals surface area (Å²) in [5.74, 6) is 0.900. The second-order valence-electron chi connectivity index (χ2n) is 4.94. The molecule has 0 spiro atoms. The van der Waals surface area contributed by atoms with Crippen LogP contribution in [0.3, 0.4) is 0 Å². The molecule has 1 saturated heterocycles. The van der Waals surface area contributed by atoms with E-state index in [0.717, 1.165) is 31.7 Å². The van der Waals surface area contributed by atoms with Crippen LogP contribution < -0.4 is 11.1 Å². The zero-order valence-electron chi connectivity index (χ0n) is 9.78. The van der Waals surface area contributed by atoms with Crippen molar-refractivity contribution in [2.45, 2.75) is 50.7 Å². The lowest BCUT2D eigenvalue weighted by molar-refractivity contribution is -0.131. The van der Waals surface area contributed by atoms with Gasteiger partial charge < -0.3 is 15.8 Å². The minimum Gasteiger partial charge on any atom is -0.364 e. The van der Waals surface area contributed by atoms with Gasteiger partial charge in [0.2, 0.25) is 5.91 Å². The molecular weight excluding hydrogens is 204 g/mol. The van der Waals surface area contributed by atoms with Gasteiger partial charge in [-0.2, -0.15) is 0 Å². The van der Waals surface area contributed by atoms with E-state index in [9.17, 15) is 4.79 Å². The average Bonchev–Trinajstić information content (AvgIpc) is 2.69. The minimum absolute atomic E-state index is 0.0512. The van der Waals surface area contributed by atoms with Crippen LogP contribution in [0.2, 0.25) is 0 Å². The standard InChI is InChI=1S/C12H22N2O2/c13-8-10-4-5-11(16-10)12(15)14-7-6-9-2-1-3-9/h9-11H,1-8,13H2,(H,14,15). The second kappa shape index (κ2) is 5.64. The number of rotatable bonds is 5. The summed E-state index contributed by atoms with van der Waals surface area (Å²) in [6.45, 7) is 1.32. The van der Waals surface area contributed by atoms with Gasteiger partial charge in [-0.25, -0.2) is 0 Å². The number of hydrogen-bond acceptors (Lipinski definition) is 3. The van der Waals surface area contributed by atoms with Gasteiger partial charge in [0.15, 0.2) is 0 Å². The molecule has 92 valence electrons. The third-order valence-electron chi connectivity index (χ3n) is 3.74. The molecule has 0 aromatic rings. The van der Waals surface area contributed by atoms with Crippen molar-refractivity contribution in [3.63, 3.8) is 0 Å². The number of nitrogens with one attached hydrogen (secondary N) is 1. The molecule has 1 amide bonds. The van der Waals surface area contributed by atoms with Crippen LogP contribution in [0.15, 0.2) is 0 Å². The molecular formula is C12H22N2O2. The highest BCUT2D eigenvalue weighted by atomic mass is 16.5. The van der Waals surface area contributed by atoms with E-state index in [2.05, 4.69) is 5.32 Å². The van der Waals surface area contributed by atoms with E-state index in [0.29, 0.717) is 6.54 Å². The third-order valence-corrected chi connectivity index (χ3v) is 3.74. The summed E-state index contributed by atoms with van der Waals surface area (Å²) in [5, 5.41) is 2.96. The largest absolute Gasteiger partial charge is 0.364 e. The van der Waals surface area contributed by atoms with Crippen LogP contribution in [0.5, 0.6) is 0 Å². The molecule has 1 heterocycles. The Kier molecular flexibility index (Phi) is 4.18. The summed E-state index contributed by atoms with van der Waals surface area (Å²) >= 11 is 0. The first-order chi connectivity index (χ1) is 7.79. The van der Waals surface area contributed by atoms with Crippen molar-refractivity contribution in [1.82, 2.24) is 5.32 Å². The van der Waals surface area contributed by atoms with Gasteiger partial charge >= 0.3 is 0 Å². The summed E-state index contributed by atoms with van der Waals surface area (Å²) < 4.78 is 5.53. The molecule has 0 aromatic carbocycles. The molecule has 4 nitrogen and oxygen atoms in total. The summed E-state index contributed by atoms with van der Waals surface area (Å²) in [4.78, 5) is 11.7. The topological polar surface area (TPSA) is 64.4 Å². The van der Waals surface area contributed by atoms with E-state index in [1.54, 1.807) is 0 Å². The Labute approximate surface area is 96.9 Å². The maximum absolute atomic E-state index is 11.7. The average molecular weight is 226 g/mol. The number of hydrogen-bond donors (Lipinski definition) is 2. The molecule has 2 fully saturated rings. The smallest absolute Gasteiger partial charge is 0.249 e. The summed E-state index contributed by atoms with van der Waals surface area (Å²) in [6.07, 6.45) is 6.73. The van der Waals surface area contributed by atoms with Crippen LogP contribution >= 0.6 is 0 Å². The zero-order valence-corrected chi connectivity index (χ0v) is 9.78. The fourth-order valence-electron chi connectivity index (χ4n) is 2.37. The lowest BCUT2D eigenvalue weighted by atomic mass is 9.83. The van der Waals surface area contributed by atoms with Crippen LogP contribution in [-0.2, 0) is 9.53 Å². The van der Waals surface area contributed by atoms with Crippen molar-refractivity contribution in [3.05, 3.63) is 0 Å². The maximum atomic E-state index is 11.7. The van der Waals surface area contributed by atoms with Crippen LogP contribution in [0, 0.1) is 5.92 Å². The molecule has 0 radical (unpaired) electrons. The third kappa shape index (κ3) is 2.95. The van der Waals surface area contributed by atoms with Gasteiger partial charge in [-0.3, -0.25) is 4.79 Å². The normalized spacial score (nSPS) is 30.1. The van der Waals surface area contributed by atoms with Crippen LogP contribution in [-0.4, -0.2) is 31.2 Å². The van der Waals surface area contributed by atoms with Crippen molar-refractivity contribution in [1.29, 1.82) is 0 Å². The minimum atomic E-state index is -0.255. The van der Waals surface area contributed by atoms with E-state index in [1.165, 1.54) is 19.3 Å². The van der Waals surface area contributed by atoms with Gasteiger partial charge in [0.1, 0.15) is 6.10 Å². The Balaban J connectivity index is 1.60. The van der Waals surface area contributed by atoms with Gasteiger partial charge in [-0.15, -0.1) is 0 Å². The van der Waals surface area contributed by atoms with E-state index in [4.69, 9.17) is 10.5 Å². The van der Waals surface area contributed by atoms with Crippen molar-refractivity contribution in [2.75, 3.05) is 13.1 Å². The fraction of sp³-hybridized carbons (Fsp3) is 0.917. The Bertz CT molecular complexity index is 241. The van der Waals surface area contributed by atoms with Gasteiger partial charge in [-0.05, 0) is 25.2 Å². The van der Waals surface area contributed by atoms with Gasteiger partial charge in [0.25, 0.3) is 0 Å². The Hall–Kier alpha value is -0.610. The molecule has 0 bridgehead atoms. The summed E-state index contributed by atoms with van der Waals surface area (Å²) in [6, 6.07) is 0. The van der Waals surface area contributed by atoms with Crippen LogP contribution in [0.4, 0.5) is 0 Å². The van der Waals surface area contributed by atoms with Crippen molar-refractivity contribution in [3.8, 4) is 0 Å². The first-order valence-corrected chi connectivity index (χ1v) is 6.43. The molecule has 16 heavy (non-hydrogen) atoms. The highest BCUT2D eigenvalue weighted by molar-refractivity contribution is 5.80. The van der Waals surface area contributed by atoms with Crippen molar-refractivity contribution in [2.24, 2.45) is 11.7 Å². The van der Waals surface area contributed by atoms with Crippen molar-refractivity contribution < 1.29 is 9.53 Å². The quantitative estimate of drug-likeness (QED) is 0.728. The Morgan fingerprint density at radius 3 is 2.69 bits per heavy atom. The zero-order chi connectivity index (χ0) is 11.4. The molecule has 3 N–H and O–H groups in total. The molecule has 2 rings (SSSR count). The van der Waals surface area contributed by atoms with E-state index >= 15 is 0 Å². The molecule has 1 aliphatic carbocycles. The molecule has 1 saturated carbocycles. The number of amides is 1. The van der Waals surface area contributed by atoms with Crippen LogP contribution in [0.1, 0.15) is 38.5 Å². The first-order valence-electron chi connectivity index (χ1n) is 6.43.